The Kier molecular flexibility index (Phi) is 4.58. The summed E-state index contributed by atoms with van der Waals surface area (Å²) < 4.78 is 2.26. The van der Waals surface area contributed by atoms with Crippen LogP contribution in [-0.2, 0) is 12.8 Å². The maximum atomic E-state index is 10.2. The summed E-state index contributed by atoms with van der Waals surface area (Å²) in [5, 5.41) is 13.6. The van der Waals surface area contributed by atoms with Crippen LogP contribution in [0, 0.1) is 0 Å². The van der Waals surface area contributed by atoms with Gasteiger partial charge in [-0.15, -0.1) is 0 Å². The lowest BCUT2D eigenvalue weighted by Crippen LogP contribution is -1.99. The average molecular weight is 430 g/mol. The molecule has 3 aromatic carbocycles. The molecule has 0 aliphatic carbocycles. The maximum absolute atomic E-state index is 10.2. The minimum Gasteiger partial charge on any atom is -0.506 e. The highest BCUT2D eigenvalue weighted by atomic mass is 16.3. The molecule has 4 heteroatoms. The predicted molar refractivity (Wildman–Crippen MR) is 134 cm³/mol. The maximum Gasteiger partial charge on any atom is 0.141 e. The van der Waals surface area contributed by atoms with Gasteiger partial charge in [0.25, 0.3) is 0 Å². The summed E-state index contributed by atoms with van der Waals surface area (Å²) in [5.41, 5.74) is 6.29. The smallest absolute Gasteiger partial charge is 0.141 e. The molecule has 0 saturated carbocycles. The fourth-order valence-corrected chi connectivity index (χ4v) is 4.66. The molecule has 0 spiro atoms. The van der Waals surface area contributed by atoms with Gasteiger partial charge in [-0.05, 0) is 53.9 Å². The highest BCUT2D eigenvalue weighted by Crippen LogP contribution is 2.33. The van der Waals surface area contributed by atoms with Gasteiger partial charge in [-0.2, -0.15) is 0 Å². The van der Waals surface area contributed by atoms with Crippen molar-refractivity contribution in [2.24, 2.45) is 0 Å². The third-order valence-electron chi connectivity index (χ3n) is 6.33. The number of hydrogen-bond donors (Lipinski definition) is 1. The lowest BCUT2D eigenvalue weighted by atomic mass is 10.1. The molecule has 0 unspecified atom stereocenters. The van der Waals surface area contributed by atoms with E-state index < -0.39 is 0 Å². The Labute approximate surface area is 191 Å². The second-order valence-electron chi connectivity index (χ2n) is 8.41. The molecule has 3 heterocycles. The van der Waals surface area contributed by atoms with Crippen LogP contribution in [0.4, 0.5) is 0 Å². The van der Waals surface area contributed by atoms with Crippen LogP contribution in [0.2, 0.25) is 0 Å². The SMILES string of the molecule is CCc1ccnc(-n2c3ccccc3c3ccc(Cc4ccc5cccc(O)c5n4)cc32)c1. The molecular formula is C29H23N3O. The van der Waals surface area contributed by atoms with Gasteiger partial charge in [0.1, 0.15) is 17.1 Å². The molecule has 0 bridgehead atoms. The van der Waals surface area contributed by atoms with Crippen molar-refractivity contribution in [3.63, 3.8) is 0 Å². The number of pyridine rings is 2. The van der Waals surface area contributed by atoms with Crippen molar-refractivity contribution in [3.05, 3.63) is 108 Å². The number of nitrogens with zero attached hydrogens (tertiary/aromatic N) is 3. The summed E-state index contributed by atoms with van der Waals surface area (Å²) in [6.07, 6.45) is 3.55. The molecule has 4 nitrogen and oxygen atoms in total. The van der Waals surface area contributed by atoms with Crippen LogP contribution in [0.25, 0.3) is 38.5 Å². The Balaban J connectivity index is 1.51. The number of rotatable bonds is 4. The van der Waals surface area contributed by atoms with Crippen LogP contribution in [0.1, 0.15) is 23.7 Å². The van der Waals surface area contributed by atoms with Crippen LogP contribution >= 0.6 is 0 Å². The van der Waals surface area contributed by atoms with E-state index in [0.29, 0.717) is 11.9 Å². The predicted octanol–water partition coefficient (Wildman–Crippen LogP) is 6.59. The summed E-state index contributed by atoms with van der Waals surface area (Å²) in [6, 6.07) is 28.9. The molecule has 6 aromatic rings. The lowest BCUT2D eigenvalue weighted by molar-refractivity contribution is 0.480. The lowest BCUT2D eigenvalue weighted by Gasteiger charge is -2.09. The molecular weight excluding hydrogens is 406 g/mol. The fraction of sp³-hybridized carbons (Fsp3) is 0.103. The van der Waals surface area contributed by atoms with Crippen LogP contribution in [-0.4, -0.2) is 19.6 Å². The quantitative estimate of drug-likeness (QED) is 0.344. The van der Waals surface area contributed by atoms with E-state index in [2.05, 4.69) is 66.1 Å². The number of aromatic nitrogens is 3. The van der Waals surface area contributed by atoms with Crippen LogP contribution in [0.3, 0.4) is 0 Å². The van der Waals surface area contributed by atoms with E-state index in [1.807, 2.05) is 30.5 Å². The van der Waals surface area contributed by atoms with Gasteiger partial charge in [-0.3, -0.25) is 4.57 Å². The van der Waals surface area contributed by atoms with Crippen LogP contribution in [0.15, 0.2) is 91.1 Å². The van der Waals surface area contributed by atoms with Crippen molar-refractivity contribution in [2.75, 3.05) is 0 Å². The van der Waals surface area contributed by atoms with Crippen molar-refractivity contribution in [1.82, 2.24) is 14.5 Å². The minimum absolute atomic E-state index is 0.215. The van der Waals surface area contributed by atoms with E-state index in [-0.39, 0.29) is 5.75 Å². The van der Waals surface area contributed by atoms with E-state index in [1.165, 1.54) is 21.9 Å². The second-order valence-corrected chi connectivity index (χ2v) is 8.41. The Bertz CT molecular complexity index is 1650. The van der Waals surface area contributed by atoms with Crippen LogP contribution < -0.4 is 0 Å². The zero-order valence-electron chi connectivity index (χ0n) is 18.4. The topological polar surface area (TPSA) is 50.9 Å². The number of phenolic OH excluding ortho intramolecular Hbond substituents is 1. The molecule has 0 fully saturated rings. The van der Waals surface area contributed by atoms with E-state index in [1.54, 1.807) is 6.07 Å². The zero-order chi connectivity index (χ0) is 22.4. The Morgan fingerprint density at radius 1 is 0.788 bits per heavy atom. The highest BCUT2D eigenvalue weighted by molar-refractivity contribution is 6.09. The summed E-state index contributed by atoms with van der Waals surface area (Å²) in [4.78, 5) is 9.44. The molecule has 0 aliphatic heterocycles. The van der Waals surface area contributed by atoms with Gasteiger partial charge < -0.3 is 5.11 Å². The molecule has 0 atom stereocenters. The third-order valence-corrected chi connectivity index (χ3v) is 6.33. The van der Waals surface area contributed by atoms with Crippen molar-refractivity contribution < 1.29 is 5.11 Å². The van der Waals surface area contributed by atoms with Crippen LogP contribution in [0.5, 0.6) is 5.75 Å². The second kappa shape index (κ2) is 7.75. The number of phenols is 1. The summed E-state index contributed by atoms with van der Waals surface area (Å²) in [6.45, 7) is 2.16. The molecule has 0 saturated heterocycles. The van der Waals surface area contributed by atoms with E-state index in [4.69, 9.17) is 9.97 Å². The number of aryl methyl sites for hydroxylation is 1. The molecule has 0 amide bonds. The normalized spacial score (nSPS) is 11.5. The molecule has 33 heavy (non-hydrogen) atoms. The average Bonchev–Trinajstić information content (AvgIpc) is 3.18. The Morgan fingerprint density at radius 2 is 1.67 bits per heavy atom. The number of hydrogen-bond acceptors (Lipinski definition) is 3. The van der Waals surface area contributed by atoms with Crippen molar-refractivity contribution in [3.8, 4) is 11.6 Å². The van der Waals surface area contributed by atoms with Gasteiger partial charge >= 0.3 is 0 Å². The van der Waals surface area contributed by atoms with Gasteiger partial charge in [0.15, 0.2) is 0 Å². The fourth-order valence-electron chi connectivity index (χ4n) is 4.66. The number of para-hydroxylation sites is 2. The first-order chi connectivity index (χ1) is 16.2. The number of benzene rings is 3. The molecule has 160 valence electrons. The summed E-state index contributed by atoms with van der Waals surface area (Å²) in [5.74, 6) is 1.15. The Morgan fingerprint density at radius 3 is 2.58 bits per heavy atom. The van der Waals surface area contributed by atoms with Crippen molar-refractivity contribution in [1.29, 1.82) is 0 Å². The van der Waals surface area contributed by atoms with E-state index >= 15 is 0 Å². The van der Waals surface area contributed by atoms with Gasteiger partial charge in [-0.1, -0.05) is 55.5 Å². The zero-order valence-corrected chi connectivity index (χ0v) is 18.4. The monoisotopic (exact) mass is 429 g/mol. The first-order valence-electron chi connectivity index (χ1n) is 11.3. The molecule has 0 radical (unpaired) electrons. The first kappa shape index (κ1) is 19.5. The van der Waals surface area contributed by atoms with E-state index in [0.717, 1.165) is 34.4 Å². The summed E-state index contributed by atoms with van der Waals surface area (Å²) >= 11 is 0. The largest absolute Gasteiger partial charge is 0.506 e. The minimum atomic E-state index is 0.215. The van der Waals surface area contributed by atoms with Gasteiger partial charge in [-0.25, -0.2) is 9.97 Å². The molecule has 1 N–H and O–H groups in total. The molecule has 6 rings (SSSR count). The van der Waals surface area contributed by atoms with Crippen molar-refractivity contribution >= 4 is 32.7 Å². The number of aromatic hydroxyl groups is 1. The summed E-state index contributed by atoms with van der Waals surface area (Å²) in [7, 11) is 0. The van der Waals surface area contributed by atoms with Gasteiger partial charge in [0.05, 0.1) is 11.0 Å². The Hall–Kier alpha value is -4.18. The standard InChI is InChI=1S/C29H23N3O/c1-2-19-14-15-30-28(18-19)32-25-8-4-3-7-23(25)24-13-10-20(17-26(24)32)16-22-12-11-21-6-5-9-27(33)29(21)31-22/h3-15,17-18,33H,2,16H2,1H3. The highest BCUT2D eigenvalue weighted by Gasteiger charge is 2.14. The van der Waals surface area contributed by atoms with Gasteiger partial charge in [0, 0.05) is 34.5 Å². The van der Waals surface area contributed by atoms with E-state index in [9.17, 15) is 5.11 Å². The van der Waals surface area contributed by atoms with Gasteiger partial charge in [0.2, 0.25) is 0 Å². The number of fused-ring (bicyclic) bond motifs is 4. The first-order valence-corrected chi connectivity index (χ1v) is 11.3. The van der Waals surface area contributed by atoms with Crippen molar-refractivity contribution in [2.45, 2.75) is 19.8 Å². The molecule has 0 aliphatic rings. The third kappa shape index (κ3) is 3.31. The molecule has 3 aromatic heterocycles.